The van der Waals surface area contributed by atoms with Gasteiger partial charge in [0.2, 0.25) is 0 Å². The Morgan fingerprint density at radius 3 is 2.15 bits per heavy atom. The third-order valence-electron chi connectivity index (χ3n) is 3.15. The summed E-state index contributed by atoms with van der Waals surface area (Å²) >= 11 is 1.65. The van der Waals surface area contributed by atoms with E-state index in [1.54, 1.807) is 11.8 Å². The Hall–Kier alpha value is -1.94. The SMILES string of the molecule is CSc1ccc(C(=O)Nc2c(C)cc(N)cc2C)cc1. The van der Waals surface area contributed by atoms with Crippen molar-refractivity contribution in [3.8, 4) is 0 Å². The molecule has 0 aliphatic rings. The van der Waals surface area contributed by atoms with Crippen LogP contribution in [0.2, 0.25) is 0 Å². The molecule has 2 rings (SSSR count). The van der Waals surface area contributed by atoms with Gasteiger partial charge in [-0.25, -0.2) is 0 Å². The number of amides is 1. The molecule has 2 aromatic carbocycles. The van der Waals surface area contributed by atoms with Crippen molar-refractivity contribution in [1.29, 1.82) is 0 Å². The first-order valence-corrected chi connectivity index (χ1v) is 7.56. The summed E-state index contributed by atoms with van der Waals surface area (Å²) in [6, 6.07) is 11.3. The van der Waals surface area contributed by atoms with Gasteiger partial charge in [0.15, 0.2) is 0 Å². The van der Waals surface area contributed by atoms with Gasteiger partial charge < -0.3 is 11.1 Å². The smallest absolute Gasteiger partial charge is 0.255 e. The Morgan fingerprint density at radius 2 is 1.65 bits per heavy atom. The molecule has 2 aromatic rings. The van der Waals surface area contributed by atoms with Gasteiger partial charge in [-0.3, -0.25) is 4.79 Å². The van der Waals surface area contributed by atoms with E-state index in [2.05, 4.69) is 5.32 Å². The summed E-state index contributed by atoms with van der Waals surface area (Å²) in [6.45, 7) is 3.88. The number of nitrogens with one attached hydrogen (secondary N) is 1. The van der Waals surface area contributed by atoms with E-state index >= 15 is 0 Å². The zero-order valence-electron chi connectivity index (χ0n) is 11.9. The van der Waals surface area contributed by atoms with Crippen LogP contribution in [0.3, 0.4) is 0 Å². The van der Waals surface area contributed by atoms with Crippen LogP contribution in [0, 0.1) is 13.8 Å². The van der Waals surface area contributed by atoms with Crippen molar-refractivity contribution in [3.63, 3.8) is 0 Å². The van der Waals surface area contributed by atoms with Gasteiger partial charge in [-0.2, -0.15) is 0 Å². The van der Waals surface area contributed by atoms with E-state index in [0.29, 0.717) is 11.3 Å². The van der Waals surface area contributed by atoms with Crippen LogP contribution in [0.5, 0.6) is 0 Å². The molecule has 104 valence electrons. The summed E-state index contributed by atoms with van der Waals surface area (Å²) in [7, 11) is 0. The van der Waals surface area contributed by atoms with E-state index in [4.69, 9.17) is 5.73 Å². The zero-order chi connectivity index (χ0) is 14.7. The number of nitrogens with two attached hydrogens (primary N) is 1. The number of anilines is 2. The number of benzene rings is 2. The second-order valence-electron chi connectivity index (χ2n) is 4.71. The summed E-state index contributed by atoms with van der Waals surface area (Å²) in [5.74, 6) is -0.103. The van der Waals surface area contributed by atoms with Gasteiger partial charge in [0.1, 0.15) is 0 Å². The topological polar surface area (TPSA) is 55.1 Å². The molecule has 0 bridgehead atoms. The van der Waals surface area contributed by atoms with E-state index in [1.807, 2.05) is 56.5 Å². The van der Waals surface area contributed by atoms with Gasteiger partial charge >= 0.3 is 0 Å². The van der Waals surface area contributed by atoms with Gasteiger partial charge in [0.05, 0.1) is 0 Å². The molecule has 0 fully saturated rings. The molecule has 0 aromatic heterocycles. The number of hydrogen-bond donors (Lipinski definition) is 2. The molecular weight excluding hydrogens is 268 g/mol. The lowest BCUT2D eigenvalue weighted by Crippen LogP contribution is -2.14. The Kier molecular flexibility index (Phi) is 4.35. The van der Waals surface area contributed by atoms with E-state index in [0.717, 1.165) is 21.7 Å². The highest BCUT2D eigenvalue weighted by Gasteiger charge is 2.10. The zero-order valence-corrected chi connectivity index (χ0v) is 12.7. The third kappa shape index (κ3) is 3.14. The second-order valence-corrected chi connectivity index (χ2v) is 5.59. The molecule has 1 amide bonds. The van der Waals surface area contributed by atoms with Gasteiger partial charge in [-0.1, -0.05) is 0 Å². The maximum atomic E-state index is 12.3. The Balaban J connectivity index is 2.23. The number of hydrogen-bond acceptors (Lipinski definition) is 3. The monoisotopic (exact) mass is 286 g/mol. The van der Waals surface area contributed by atoms with E-state index < -0.39 is 0 Å². The van der Waals surface area contributed by atoms with Gasteiger partial charge in [-0.05, 0) is 67.6 Å². The fourth-order valence-corrected chi connectivity index (χ4v) is 2.53. The van der Waals surface area contributed by atoms with Crippen LogP contribution in [0.25, 0.3) is 0 Å². The molecule has 0 unspecified atom stereocenters. The van der Waals surface area contributed by atoms with Crippen LogP contribution in [0.1, 0.15) is 21.5 Å². The van der Waals surface area contributed by atoms with Crippen molar-refractivity contribution in [2.45, 2.75) is 18.7 Å². The summed E-state index contributed by atoms with van der Waals surface area (Å²) in [6.07, 6.45) is 2.01. The van der Waals surface area contributed by atoms with Gasteiger partial charge in [0.25, 0.3) is 5.91 Å². The van der Waals surface area contributed by atoms with E-state index in [9.17, 15) is 4.79 Å². The van der Waals surface area contributed by atoms with Crippen molar-refractivity contribution in [2.75, 3.05) is 17.3 Å². The average molecular weight is 286 g/mol. The molecule has 4 heteroatoms. The predicted molar refractivity (Wildman–Crippen MR) is 86.5 cm³/mol. The first-order valence-electron chi connectivity index (χ1n) is 6.33. The Labute approximate surface area is 123 Å². The predicted octanol–water partition coefficient (Wildman–Crippen LogP) is 3.86. The molecule has 0 aliphatic carbocycles. The minimum absolute atomic E-state index is 0.103. The minimum atomic E-state index is -0.103. The van der Waals surface area contributed by atoms with Crippen molar-refractivity contribution >= 4 is 29.0 Å². The first kappa shape index (κ1) is 14.5. The largest absolute Gasteiger partial charge is 0.399 e. The van der Waals surface area contributed by atoms with Crippen LogP contribution in [-0.2, 0) is 0 Å². The molecule has 0 saturated carbocycles. The Morgan fingerprint density at radius 1 is 1.10 bits per heavy atom. The van der Waals surface area contributed by atoms with E-state index in [1.165, 1.54) is 0 Å². The summed E-state index contributed by atoms with van der Waals surface area (Å²) < 4.78 is 0. The second kappa shape index (κ2) is 6.01. The lowest BCUT2D eigenvalue weighted by Gasteiger charge is -2.12. The normalized spacial score (nSPS) is 10.3. The molecule has 0 spiro atoms. The van der Waals surface area contributed by atoms with Crippen LogP contribution in [0.4, 0.5) is 11.4 Å². The van der Waals surface area contributed by atoms with Gasteiger partial charge in [0, 0.05) is 21.8 Å². The molecule has 0 atom stereocenters. The van der Waals surface area contributed by atoms with Crippen LogP contribution in [0.15, 0.2) is 41.3 Å². The minimum Gasteiger partial charge on any atom is -0.399 e. The number of thioether (sulfide) groups is 1. The van der Waals surface area contributed by atoms with Crippen molar-refractivity contribution in [2.24, 2.45) is 0 Å². The summed E-state index contributed by atoms with van der Waals surface area (Å²) in [4.78, 5) is 13.4. The lowest BCUT2D eigenvalue weighted by atomic mass is 10.1. The fraction of sp³-hybridized carbons (Fsp3) is 0.188. The van der Waals surface area contributed by atoms with Crippen LogP contribution < -0.4 is 11.1 Å². The van der Waals surface area contributed by atoms with E-state index in [-0.39, 0.29) is 5.91 Å². The fourth-order valence-electron chi connectivity index (χ4n) is 2.12. The molecule has 3 N–H and O–H groups in total. The highest BCUT2D eigenvalue weighted by Crippen LogP contribution is 2.24. The number of carbonyl (C=O) groups is 1. The number of aryl methyl sites for hydroxylation is 2. The Bertz CT molecular complexity index is 612. The molecule has 0 saturated heterocycles. The van der Waals surface area contributed by atoms with Crippen molar-refractivity contribution in [1.82, 2.24) is 0 Å². The summed E-state index contributed by atoms with van der Waals surface area (Å²) in [5.41, 5.74) is 9.92. The lowest BCUT2D eigenvalue weighted by molar-refractivity contribution is 0.102. The highest BCUT2D eigenvalue weighted by molar-refractivity contribution is 7.98. The molecule has 20 heavy (non-hydrogen) atoms. The molecule has 0 heterocycles. The molecule has 0 radical (unpaired) electrons. The number of carbonyl (C=O) groups excluding carboxylic acids is 1. The molecule has 3 nitrogen and oxygen atoms in total. The van der Waals surface area contributed by atoms with Crippen LogP contribution >= 0.6 is 11.8 Å². The maximum absolute atomic E-state index is 12.3. The highest BCUT2D eigenvalue weighted by atomic mass is 32.2. The molecule has 0 aliphatic heterocycles. The van der Waals surface area contributed by atoms with Gasteiger partial charge in [-0.15, -0.1) is 11.8 Å². The number of nitrogen functional groups attached to an aromatic ring is 1. The number of rotatable bonds is 3. The first-order chi connectivity index (χ1) is 9.51. The quantitative estimate of drug-likeness (QED) is 0.665. The standard InChI is InChI=1S/C16H18N2OS/c1-10-8-13(17)9-11(2)15(10)18-16(19)12-4-6-14(20-3)7-5-12/h4-9H,17H2,1-3H3,(H,18,19). The van der Waals surface area contributed by atoms with Crippen LogP contribution in [-0.4, -0.2) is 12.2 Å². The maximum Gasteiger partial charge on any atom is 0.255 e. The third-order valence-corrected chi connectivity index (χ3v) is 3.89. The molecular formula is C16H18N2OS. The summed E-state index contributed by atoms with van der Waals surface area (Å²) in [5, 5.41) is 2.96. The van der Waals surface area contributed by atoms with Crippen molar-refractivity contribution < 1.29 is 4.79 Å². The van der Waals surface area contributed by atoms with Crippen molar-refractivity contribution in [3.05, 3.63) is 53.1 Å². The average Bonchev–Trinajstić information content (AvgIpc) is 2.42.